The first-order valence-corrected chi connectivity index (χ1v) is 16.7. The minimum atomic E-state index is -1.13. The van der Waals surface area contributed by atoms with E-state index in [1.54, 1.807) is 22.7 Å². The maximum Gasteiger partial charge on any atom is 0.363 e. The summed E-state index contributed by atoms with van der Waals surface area (Å²) in [6, 6.07) is 16.8. The zero-order chi connectivity index (χ0) is 32.4. The van der Waals surface area contributed by atoms with Crippen molar-refractivity contribution in [2.45, 2.75) is 38.8 Å². The van der Waals surface area contributed by atoms with E-state index in [2.05, 4.69) is 86.6 Å². The number of nitrogens with zero attached hydrogens (tertiary/aromatic N) is 2. The Kier molecular flexibility index (Phi) is 5.87. The predicted octanol–water partition coefficient (Wildman–Crippen LogP) is 9.76. The number of rotatable bonds is 3. The number of benzene rings is 3. The molecule has 0 amide bonds. The monoisotopic (exact) mass is 647 g/mol. The number of carboxylic acids is 2. The van der Waals surface area contributed by atoms with E-state index in [-0.39, 0.29) is 22.2 Å². The van der Waals surface area contributed by atoms with Gasteiger partial charge in [0.2, 0.25) is 0 Å². The predicted molar refractivity (Wildman–Crippen MR) is 187 cm³/mol. The van der Waals surface area contributed by atoms with E-state index in [1.807, 2.05) is 12.1 Å². The van der Waals surface area contributed by atoms with Crippen LogP contribution >= 0.6 is 22.7 Å². The summed E-state index contributed by atoms with van der Waals surface area (Å²) in [5, 5.41) is 26.0. The first-order valence-electron chi connectivity index (χ1n) is 15.0. The van der Waals surface area contributed by atoms with Crippen molar-refractivity contribution in [1.82, 2.24) is 0 Å². The Labute approximate surface area is 273 Å². The molecule has 0 saturated heterocycles. The fraction of sp³-hybridized carbons (Fsp3) is 0.216. The second-order valence-corrected chi connectivity index (χ2v) is 15.0. The topological polar surface area (TPSA) is 92.4 Å². The second-order valence-electron chi connectivity index (χ2n) is 13.1. The first kappa shape index (κ1) is 28.7. The average Bonchev–Trinajstić information content (AvgIpc) is 3.72. The van der Waals surface area contributed by atoms with E-state index >= 15 is 0 Å². The third kappa shape index (κ3) is 3.72. The second kappa shape index (κ2) is 9.40. The van der Waals surface area contributed by atoms with E-state index in [0.717, 1.165) is 43.0 Å². The summed E-state index contributed by atoms with van der Waals surface area (Å²) in [7, 11) is 4.16. The SMILES string of the molecule is CN1c2cc3[o+]c4cc5c(cc4c(-c4cc(C(=O)O)ccc4C(=O)O)c3cc2-c2sccc2C1(C)C)-c1sccc1C(C)(C)N5C. The lowest BCUT2D eigenvalue weighted by molar-refractivity contribution is 0.0682. The van der Waals surface area contributed by atoms with Crippen LogP contribution < -0.4 is 9.80 Å². The lowest BCUT2D eigenvalue weighted by atomic mass is 9.83. The van der Waals surface area contributed by atoms with Gasteiger partial charge in [-0.1, -0.05) is 0 Å². The molecule has 0 spiro atoms. The van der Waals surface area contributed by atoms with Crippen molar-refractivity contribution in [3.63, 3.8) is 0 Å². The Balaban J connectivity index is 1.56. The highest BCUT2D eigenvalue weighted by molar-refractivity contribution is 7.14. The highest BCUT2D eigenvalue weighted by atomic mass is 32.1. The molecule has 8 rings (SSSR count). The molecule has 0 saturated carbocycles. The third-order valence-electron chi connectivity index (χ3n) is 10.3. The molecular formula is C37H31N2O5S2+. The van der Waals surface area contributed by atoms with Crippen LogP contribution in [0.5, 0.6) is 0 Å². The van der Waals surface area contributed by atoms with E-state index in [9.17, 15) is 19.8 Å². The zero-order valence-electron chi connectivity index (χ0n) is 26.2. The molecule has 2 aliphatic heterocycles. The molecular weight excluding hydrogens is 617 g/mol. The van der Waals surface area contributed by atoms with Crippen LogP contribution in [0.3, 0.4) is 0 Å². The quantitative estimate of drug-likeness (QED) is 0.146. The van der Waals surface area contributed by atoms with Gasteiger partial charge in [0.05, 0.1) is 56.5 Å². The number of thiophene rings is 2. The van der Waals surface area contributed by atoms with Crippen LogP contribution in [0, 0.1) is 0 Å². The van der Waals surface area contributed by atoms with Crippen LogP contribution in [-0.2, 0) is 11.1 Å². The molecule has 0 radical (unpaired) electrons. The average molecular weight is 648 g/mol. The first-order chi connectivity index (χ1) is 21.8. The molecule has 0 fully saturated rings. The molecule has 6 aromatic rings. The Morgan fingerprint density at radius 2 is 1.17 bits per heavy atom. The number of aromatic carboxylic acids is 2. The summed E-state index contributed by atoms with van der Waals surface area (Å²) in [6.45, 7) is 8.81. The summed E-state index contributed by atoms with van der Waals surface area (Å²) < 4.78 is 6.78. The molecule has 7 nitrogen and oxygen atoms in total. The van der Waals surface area contributed by atoms with Crippen LogP contribution in [0.4, 0.5) is 11.4 Å². The van der Waals surface area contributed by atoms with Crippen LogP contribution in [-0.4, -0.2) is 36.2 Å². The normalized spacial score (nSPS) is 15.8. The molecule has 2 N–H and O–H groups in total. The Bertz CT molecular complexity index is 2210. The van der Waals surface area contributed by atoms with Gasteiger partial charge in [0.1, 0.15) is 0 Å². The maximum absolute atomic E-state index is 12.7. The molecule has 5 heterocycles. The lowest BCUT2D eigenvalue weighted by Crippen LogP contribution is -2.41. The van der Waals surface area contributed by atoms with Crippen molar-refractivity contribution in [2.24, 2.45) is 0 Å². The Morgan fingerprint density at radius 3 is 1.63 bits per heavy atom. The molecule has 0 aliphatic carbocycles. The molecule has 3 aromatic carbocycles. The maximum atomic E-state index is 12.7. The molecule has 2 aliphatic rings. The van der Waals surface area contributed by atoms with Gasteiger partial charge in [-0.2, -0.15) is 0 Å². The van der Waals surface area contributed by atoms with Crippen LogP contribution in [0.15, 0.2) is 69.8 Å². The summed E-state index contributed by atoms with van der Waals surface area (Å²) in [4.78, 5) is 31.7. The van der Waals surface area contributed by atoms with Gasteiger partial charge in [0.15, 0.2) is 0 Å². The van der Waals surface area contributed by atoms with Crippen molar-refractivity contribution < 1.29 is 24.2 Å². The van der Waals surface area contributed by atoms with E-state index in [0.29, 0.717) is 22.3 Å². The van der Waals surface area contributed by atoms with Crippen molar-refractivity contribution in [3.05, 3.63) is 87.6 Å². The minimum Gasteiger partial charge on any atom is -0.478 e. The fourth-order valence-corrected chi connectivity index (χ4v) is 9.35. The van der Waals surface area contributed by atoms with Crippen molar-refractivity contribution in [3.8, 4) is 32.0 Å². The molecule has 0 unspecified atom stereocenters. The van der Waals surface area contributed by atoms with Gasteiger partial charge in [0, 0.05) is 40.5 Å². The van der Waals surface area contributed by atoms with E-state index in [1.165, 1.54) is 29.3 Å². The van der Waals surface area contributed by atoms with Crippen LogP contribution in [0.25, 0.3) is 53.9 Å². The summed E-state index contributed by atoms with van der Waals surface area (Å²) in [5.74, 6) is -2.25. The van der Waals surface area contributed by atoms with E-state index < -0.39 is 11.9 Å². The summed E-state index contributed by atoms with van der Waals surface area (Å²) in [5.41, 5.74) is 8.21. The minimum absolute atomic E-state index is 0.0158. The Hall–Kier alpha value is -4.73. The van der Waals surface area contributed by atoms with Crippen molar-refractivity contribution >= 4 is 67.9 Å². The van der Waals surface area contributed by atoms with Gasteiger partial charge in [-0.3, -0.25) is 0 Å². The number of fused-ring (bicyclic) bond motifs is 8. The van der Waals surface area contributed by atoms with Crippen LogP contribution in [0.2, 0.25) is 0 Å². The molecule has 0 bridgehead atoms. The van der Waals surface area contributed by atoms with Gasteiger partial charge in [-0.25, -0.2) is 14.0 Å². The number of carboxylic acid groups (broad SMARTS) is 2. The molecule has 0 atom stereocenters. The number of anilines is 2. The number of hydrogen-bond donors (Lipinski definition) is 2. The van der Waals surface area contributed by atoms with E-state index in [4.69, 9.17) is 4.42 Å². The molecule has 3 aromatic heterocycles. The number of hydrogen-bond acceptors (Lipinski definition) is 6. The summed E-state index contributed by atoms with van der Waals surface area (Å²) in [6.07, 6.45) is 0. The molecule has 230 valence electrons. The molecule has 46 heavy (non-hydrogen) atoms. The standard InChI is InChI=1S/C37H30N2O5S2/c1-36(2)25-9-11-45-32(25)21-14-23-29(16-27(21)38(36)5)44-30-17-28-22(33-26(10-12-46-33)37(3,4)39(28)6)15-24(30)31(23)20-13-18(34(40)41)7-8-19(20)35(42)43/h7-17H,1-6H3,(H-,40,41,42,43)/p+1. The zero-order valence-corrected chi connectivity index (χ0v) is 27.8. The number of carbonyl (C=O) groups is 2. The third-order valence-corrected chi connectivity index (χ3v) is 12.2. The fourth-order valence-electron chi connectivity index (χ4n) is 7.20. The molecule has 9 heteroatoms. The highest BCUT2D eigenvalue weighted by Gasteiger charge is 2.40. The van der Waals surface area contributed by atoms with Gasteiger partial charge in [-0.15, -0.1) is 22.7 Å². The smallest absolute Gasteiger partial charge is 0.363 e. The van der Waals surface area contributed by atoms with Crippen LogP contribution in [0.1, 0.15) is 59.5 Å². The lowest BCUT2D eigenvalue weighted by Gasteiger charge is -2.42. The highest BCUT2D eigenvalue weighted by Crippen LogP contribution is 2.54. The van der Waals surface area contributed by atoms with Gasteiger partial charge >= 0.3 is 23.1 Å². The Morgan fingerprint density at radius 1 is 0.674 bits per heavy atom. The van der Waals surface area contributed by atoms with Gasteiger partial charge in [-0.05, 0) is 97.6 Å². The van der Waals surface area contributed by atoms with Gasteiger partial charge < -0.3 is 20.0 Å². The van der Waals surface area contributed by atoms with Crippen molar-refractivity contribution in [2.75, 3.05) is 23.9 Å². The largest absolute Gasteiger partial charge is 0.478 e. The van der Waals surface area contributed by atoms with Gasteiger partial charge in [0.25, 0.3) is 0 Å². The summed E-state index contributed by atoms with van der Waals surface area (Å²) >= 11 is 3.36. The van der Waals surface area contributed by atoms with Crippen molar-refractivity contribution in [1.29, 1.82) is 0 Å².